The van der Waals surface area contributed by atoms with Gasteiger partial charge in [0.25, 0.3) is 0 Å². The van der Waals surface area contributed by atoms with Crippen molar-refractivity contribution in [3.63, 3.8) is 0 Å². The molecule has 0 aromatic heterocycles. The molecule has 0 radical (unpaired) electrons. The van der Waals surface area contributed by atoms with Gasteiger partial charge in [-0.3, -0.25) is 4.57 Å². The van der Waals surface area contributed by atoms with Gasteiger partial charge in [-0.05, 0) is 61.0 Å². The van der Waals surface area contributed by atoms with Crippen LogP contribution in [0.15, 0.2) is 66.7 Å². The Hall–Kier alpha value is -2.13. The molecule has 25 heavy (non-hydrogen) atoms. The van der Waals surface area contributed by atoms with E-state index < -0.39 is 7.60 Å². The van der Waals surface area contributed by atoms with E-state index in [0.29, 0.717) is 18.5 Å². The Balaban J connectivity index is 1.91. The van der Waals surface area contributed by atoms with Crippen LogP contribution in [0, 0.1) is 0 Å². The standard InChI is InChI=1S/C20H22NO3P/c1-3-23-25(22,24-4-2)20-13-11-16-14-19(12-10-17(16)15-20)21-18-8-6-5-7-9-18/h5-15,21H,3-4H2,1-2H3. The molecule has 0 aliphatic rings. The van der Waals surface area contributed by atoms with Crippen molar-refractivity contribution < 1.29 is 13.6 Å². The molecule has 0 heterocycles. The van der Waals surface area contributed by atoms with Crippen LogP contribution in [0.1, 0.15) is 13.8 Å². The van der Waals surface area contributed by atoms with Crippen LogP contribution in [0.25, 0.3) is 10.8 Å². The van der Waals surface area contributed by atoms with Gasteiger partial charge < -0.3 is 14.4 Å². The predicted molar refractivity (Wildman–Crippen MR) is 104 cm³/mol. The van der Waals surface area contributed by atoms with Crippen LogP contribution in [0.3, 0.4) is 0 Å². The number of rotatable bonds is 7. The third-order valence-electron chi connectivity index (χ3n) is 3.80. The van der Waals surface area contributed by atoms with Crippen LogP contribution in [0.2, 0.25) is 0 Å². The Morgan fingerprint density at radius 3 is 2.12 bits per heavy atom. The van der Waals surface area contributed by atoms with E-state index >= 15 is 0 Å². The molecular weight excluding hydrogens is 333 g/mol. The van der Waals surface area contributed by atoms with Crippen molar-refractivity contribution in [2.75, 3.05) is 18.5 Å². The molecular formula is C20H22NO3P. The molecule has 4 nitrogen and oxygen atoms in total. The summed E-state index contributed by atoms with van der Waals surface area (Å²) in [4.78, 5) is 0. The van der Waals surface area contributed by atoms with Crippen molar-refractivity contribution in [3.05, 3.63) is 66.7 Å². The summed E-state index contributed by atoms with van der Waals surface area (Å²) < 4.78 is 23.8. The average molecular weight is 355 g/mol. The number of benzene rings is 3. The van der Waals surface area contributed by atoms with Gasteiger partial charge in [-0.1, -0.05) is 30.3 Å². The first-order valence-corrected chi connectivity index (χ1v) is 9.94. The molecule has 0 unspecified atom stereocenters. The molecule has 3 aromatic rings. The zero-order chi connectivity index (χ0) is 17.7. The third kappa shape index (κ3) is 4.10. The number of hydrogen-bond donors (Lipinski definition) is 1. The highest BCUT2D eigenvalue weighted by Crippen LogP contribution is 2.47. The second-order valence-corrected chi connectivity index (χ2v) is 7.60. The van der Waals surface area contributed by atoms with Gasteiger partial charge in [-0.2, -0.15) is 0 Å². The Morgan fingerprint density at radius 1 is 0.800 bits per heavy atom. The van der Waals surface area contributed by atoms with E-state index in [1.807, 2.05) is 74.5 Å². The quantitative estimate of drug-likeness (QED) is 0.571. The molecule has 0 fully saturated rings. The Morgan fingerprint density at radius 2 is 1.44 bits per heavy atom. The summed E-state index contributed by atoms with van der Waals surface area (Å²) >= 11 is 0. The number of nitrogens with one attached hydrogen (secondary N) is 1. The molecule has 0 amide bonds. The molecule has 0 aliphatic heterocycles. The smallest absolute Gasteiger partial charge is 0.356 e. The summed E-state index contributed by atoms with van der Waals surface area (Å²) in [6, 6.07) is 21.8. The lowest BCUT2D eigenvalue weighted by atomic mass is 10.1. The molecule has 3 rings (SSSR count). The predicted octanol–water partition coefficient (Wildman–Crippen LogP) is 5.47. The fourth-order valence-corrected chi connectivity index (χ4v) is 4.30. The van der Waals surface area contributed by atoms with Crippen molar-refractivity contribution in [2.24, 2.45) is 0 Å². The van der Waals surface area contributed by atoms with E-state index in [-0.39, 0.29) is 0 Å². The van der Waals surface area contributed by atoms with Gasteiger partial charge in [0.05, 0.1) is 18.5 Å². The van der Waals surface area contributed by atoms with E-state index in [2.05, 4.69) is 11.4 Å². The van der Waals surface area contributed by atoms with Gasteiger partial charge in [0.15, 0.2) is 0 Å². The summed E-state index contributed by atoms with van der Waals surface area (Å²) in [6.07, 6.45) is 0. The van der Waals surface area contributed by atoms with Gasteiger partial charge in [-0.25, -0.2) is 0 Å². The maximum absolute atomic E-state index is 12.9. The molecule has 5 heteroatoms. The highest BCUT2D eigenvalue weighted by atomic mass is 31.2. The van der Waals surface area contributed by atoms with Crippen molar-refractivity contribution >= 4 is 35.0 Å². The molecule has 0 spiro atoms. The van der Waals surface area contributed by atoms with Gasteiger partial charge in [0.2, 0.25) is 0 Å². The van der Waals surface area contributed by atoms with Crippen LogP contribution < -0.4 is 10.6 Å². The molecule has 3 aromatic carbocycles. The van der Waals surface area contributed by atoms with E-state index in [0.717, 1.165) is 22.1 Å². The Labute approximate surface area is 148 Å². The fourth-order valence-electron chi connectivity index (χ4n) is 2.70. The number of para-hydroxylation sites is 1. The average Bonchev–Trinajstić information content (AvgIpc) is 2.62. The summed E-state index contributed by atoms with van der Waals surface area (Å²) in [7, 11) is -3.26. The minimum absolute atomic E-state index is 0.343. The first-order valence-electron chi connectivity index (χ1n) is 8.40. The van der Waals surface area contributed by atoms with E-state index in [1.165, 1.54) is 0 Å². The minimum Gasteiger partial charge on any atom is -0.356 e. The van der Waals surface area contributed by atoms with Gasteiger partial charge in [0, 0.05) is 11.4 Å². The van der Waals surface area contributed by atoms with Crippen molar-refractivity contribution in [2.45, 2.75) is 13.8 Å². The molecule has 130 valence electrons. The number of fused-ring (bicyclic) bond motifs is 1. The second kappa shape index (κ2) is 7.83. The Bertz CT molecular complexity index is 886. The van der Waals surface area contributed by atoms with Gasteiger partial charge in [-0.15, -0.1) is 0 Å². The molecule has 1 N–H and O–H groups in total. The Kier molecular flexibility index (Phi) is 5.54. The molecule has 0 saturated carbocycles. The van der Waals surface area contributed by atoms with Crippen LogP contribution in [0.4, 0.5) is 11.4 Å². The van der Waals surface area contributed by atoms with Gasteiger partial charge in [0.1, 0.15) is 0 Å². The monoisotopic (exact) mass is 355 g/mol. The molecule has 0 bridgehead atoms. The molecule has 0 saturated heterocycles. The highest BCUT2D eigenvalue weighted by molar-refractivity contribution is 7.62. The lowest BCUT2D eigenvalue weighted by Crippen LogP contribution is -2.10. The summed E-state index contributed by atoms with van der Waals surface area (Å²) in [5, 5.41) is 6.02. The van der Waals surface area contributed by atoms with Crippen LogP contribution in [-0.4, -0.2) is 13.2 Å². The topological polar surface area (TPSA) is 47.6 Å². The second-order valence-electron chi connectivity index (χ2n) is 5.57. The van der Waals surface area contributed by atoms with Crippen molar-refractivity contribution in [3.8, 4) is 0 Å². The SMILES string of the molecule is CCOP(=O)(OCC)c1ccc2cc(Nc3ccccc3)ccc2c1. The van der Waals surface area contributed by atoms with Crippen molar-refractivity contribution in [1.82, 2.24) is 0 Å². The fraction of sp³-hybridized carbons (Fsp3) is 0.200. The van der Waals surface area contributed by atoms with E-state index in [9.17, 15) is 4.57 Å². The number of anilines is 2. The maximum Gasteiger partial charge on any atom is 0.361 e. The highest BCUT2D eigenvalue weighted by Gasteiger charge is 2.26. The molecule has 0 aliphatic carbocycles. The van der Waals surface area contributed by atoms with Crippen LogP contribution in [-0.2, 0) is 13.6 Å². The first kappa shape index (κ1) is 17.7. The first-order chi connectivity index (χ1) is 12.1. The lowest BCUT2D eigenvalue weighted by molar-refractivity contribution is 0.230. The van der Waals surface area contributed by atoms with E-state index in [4.69, 9.17) is 9.05 Å². The maximum atomic E-state index is 12.9. The zero-order valence-corrected chi connectivity index (χ0v) is 15.3. The van der Waals surface area contributed by atoms with E-state index in [1.54, 1.807) is 0 Å². The third-order valence-corrected chi connectivity index (χ3v) is 5.91. The molecule has 0 atom stereocenters. The van der Waals surface area contributed by atoms with Crippen LogP contribution >= 0.6 is 7.60 Å². The summed E-state index contributed by atoms with van der Waals surface area (Å²) in [5.74, 6) is 0. The van der Waals surface area contributed by atoms with Crippen LogP contribution in [0.5, 0.6) is 0 Å². The summed E-state index contributed by atoms with van der Waals surface area (Å²) in [5.41, 5.74) is 2.04. The largest absolute Gasteiger partial charge is 0.361 e. The van der Waals surface area contributed by atoms with Gasteiger partial charge >= 0.3 is 7.60 Å². The summed E-state index contributed by atoms with van der Waals surface area (Å²) in [6.45, 7) is 4.31. The zero-order valence-electron chi connectivity index (χ0n) is 14.4. The lowest BCUT2D eigenvalue weighted by Gasteiger charge is -2.17. The normalized spacial score (nSPS) is 11.6. The minimum atomic E-state index is -3.26. The number of hydrogen-bond acceptors (Lipinski definition) is 4. The van der Waals surface area contributed by atoms with Crippen molar-refractivity contribution in [1.29, 1.82) is 0 Å².